The summed E-state index contributed by atoms with van der Waals surface area (Å²) in [6.07, 6.45) is 3.84. The highest BCUT2D eigenvalue weighted by atomic mass is 16.5. The molecule has 0 aromatic carbocycles. The van der Waals surface area contributed by atoms with E-state index in [4.69, 9.17) is 4.74 Å². The Bertz CT molecular complexity index is 253. The van der Waals surface area contributed by atoms with Gasteiger partial charge in [-0.05, 0) is 33.1 Å². The van der Waals surface area contributed by atoms with Gasteiger partial charge in [-0.25, -0.2) is 0 Å². The second kappa shape index (κ2) is 6.51. The van der Waals surface area contributed by atoms with Gasteiger partial charge in [-0.2, -0.15) is 0 Å². The van der Waals surface area contributed by atoms with Crippen LogP contribution in [0, 0.1) is 0 Å². The maximum Gasteiger partial charge on any atom is 0.306 e. The fourth-order valence-electron chi connectivity index (χ4n) is 2.05. The van der Waals surface area contributed by atoms with Crippen molar-refractivity contribution in [2.24, 2.45) is 0 Å². The lowest BCUT2D eigenvalue weighted by Gasteiger charge is -2.33. The van der Waals surface area contributed by atoms with E-state index in [1.54, 1.807) is 6.92 Å². The predicted molar refractivity (Wildman–Crippen MR) is 60.9 cm³/mol. The SMILES string of the molecule is CCOC(=O)CCC(=O)N1CCCCC1C. The first-order valence-electron chi connectivity index (χ1n) is 6.10. The van der Waals surface area contributed by atoms with Crippen molar-refractivity contribution in [1.29, 1.82) is 0 Å². The summed E-state index contributed by atoms with van der Waals surface area (Å²) in [4.78, 5) is 24.8. The number of nitrogens with zero attached hydrogens (tertiary/aromatic N) is 1. The van der Waals surface area contributed by atoms with Crippen LogP contribution in [0.5, 0.6) is 0 Å². The van der Waals surface area contributed by atoms with Crippen molar-refractivity contribution < 1.29 is 14.3 Å². The summed E-state index contributed by atoms with van der Waals surface area (Å²) in [5.41, 5.74) is 0. The number of hydrogen-bond acceptors (Lipinski definition) is 3. The van der Waals surface area contributed by atoms with E-state index in [2.05, 4.69) is 6.92 Å². The van der Waals surface area contributed by atoms with Gasteiger partial charge in [0.2, 0.25) is 5.91 Å². The zero-order valence-corrected chi connectivity index (χ0v) is 10.2. The summed E-state index contributed by atoms with van der Waals surface area (Å²) in [5, 5.41) is 0. The molecular formula is C12H21NO3. The molecule has 0 bridgehead atoms. The molecule has 0 aromatic rings. The van der Waals surface area contributed by atoms with Crippen molar-refractivity contribution in [1.82, 2.24) is 4.90 Å². The second-order valence-corrected chi connectivity index (χ2v) is 4.24. The standard InChI is InChI=1S/C12H21NO3/c1-3-16-12(15)8-7-11(14)13-9-5-4-6-10(13)2/h10H,3-9H2,1-2H3. The van der Waals surface area contributed by atoms with Gasteiger partial charge in [-0.3, -0.25) is 9.59 Å². The Morgan fingerprint density at radius 1 is 1.31 bits per heavy atom. The van der Waals surface area contributed by atoms with Crippen molar-refractivity contribution in [2.45, 2.75) is 52.0 Å². The lowest BCUT2D eigenvalue weighted by atomic mass is 10.0. The van der Waals surface area contributed by atoms with Gasteiger partial charge in [0.05, 0.1) is 13.0 Å². The van der Waals surface area contributed by atoms with Crippen molar-refractivity contribution in [3.8, 4) is 0 Å². The third-order valence-electron chi connectivity index (χ3n) is 2.97. The van der Waals surface area contributed by atoms with E-state index in [1.807, 2.05) is 4.90 Å². The molecule has 0 aliphatic carbocycles. The third kappa shape index (κ3) is 3.83. The Hall–Kier alpha value is -1.06. The van der Waals surface area contributed by atoms with Gasteiger partial charge in [0, 0.05) is 19.0 Å². The molecule has 1 amide bonds. The van der Waals surface area contributed by atoms with Gasteiger partial charge in [0.25, 0.3) is 0 Å². The van der Waals surface area contributed by atoms with E-state index in [-0.39, 0.29) is 24.7 Å². The Balaban J connectivity index is 2.31. The molecule has 92 valence electrons. The van der Waals surface area contributed by atoms with Crippen LogP contribution in [0.2, 0.25) is 0 Å². The molecule has 0 radical (unpaired) electrons. The van der Waals surface area contributed by atoms with Crippen LogP contribution < -0.4 is 0 Å². The second-order valence-electron chi connectivity index (χ2n) is 4.24. The number of piperidine rings is 1. The van der Waals surface area contributed by atoms with Crippen LogP contribution in [0.1, 0.15) is 46.0 Å². The van der Waals surface area contributed by atoms with Gasteiger partial charge >= 0.3 is 5.97 Å². The van der Waals surface area contributed by atoms with Crippen LogP contribution >= 0.6 is 0 Å². The summed E-state index contributed by atoms with van der Waals surface area (Å²) in [6, 6.07) is 0.323. The van der Waals surface area contributed by atoms with E-state index >= 15 is 0 Å². The minimum absolute atomic E-state index is 0.0836. The lowest BCUT2D eigenvalue weighted by Crippen LogP contribution is -2.42. The maximum atomic E-state index is 11.8. The fraction of sp³-hybridized carbons (Fsp3) is 0.833. The van der Waals surface area contributed by atoms with E-state index in [0.29, 0.717) is 12.6 Å². The largest absolute Gasteiger partial charge is 0.466 e. The number of likely N-dealkylation sites (tertiary alicyclic amines) is 1. The topological polar surface area (TPSA) is 46.6 Å². The van der Waals surface area contributed by atoms with Crippen LogP contribution in [0.3, 0.4) is 0 Å². The number of ether oxygens (including phenoxy) is 1. The Morgan fingerprint density at radius 3 is 2.69 bits per heavy atom. The highest BCUT2D eigenvalue weighted by Crippen LogP contribution is 2.17. The summed E-state index contributed by atoms with van der Waals surface area (Å²) in [6.45, 7) is 5.06. The van der Waals surface area contributed by atoms with Gasteiger partial charge in [0.1, 0.15) is 0 Å². The summed E-state index contributed by atoms with van der Waals surface area (Å²) >= 11 is 0. The zero-order valence-electron chi connectivity index (χ0n) is 10.2. The molecule has 4 heteroatoms. The molecule has 1 aliphatic heterocycles. The van der Waals surface area contributed by atoms with E-state index in [1.165, 1.54) is 6.42 Å². The number of rotatable bonds is 4. The van der Waals surface area contributed by atoms with E-state index < -0.39 is 0 Å². The number of hydrogen-bond donors (Lipinski definition) is 0. The van der Waals surface area contributed by atoms with Crippen LogP contribution in [-0.2, 0) is 14.3 Å². The third-order valence-corrected chi connectivity index (χ3v) is 2.97. The first-order valence-corrected chi connectivity index (χ1v) is 6.10. The molecule has 16 heavy (non-hydrogen) atoms. The molecule has 1 aliphatic rings. The van der Waals surface area contributed by atoms with E-state index in [9.17, 15) is 9.59 Å². The molecule has 0 spiro atoms. The molecule has 1 atom stereocenters. The quantitative estimate of drug-likeness (QED) is 0.687. The zero-order chi connectivity index (χ0) is 12.0. The molecule has 0 N–H and O–H groups in total. The number of amides is 1. The number of carbonyl (C=O) groups is 2. The minimum Gasteiger partial charge on any atom is -0.466 e. The number of carbonyl (C=O) groups excluding carboxylic acids is 2. The van der Waals surface area contributed by atoms with Gasteiger partial charge in [-0.1, -0.05) is 0 Å². The molecule has 1 fully saturated rings. The van der Waals surface area contributed by atoms with Gasteiger partial charge in [0.15, 0.2) is 0 Å². The molecule has 0 saturated carbocycles. The highest BCUT2D eigenvalue weighted by Gasteiger charge is 2.23. The first kappa shape index (κ1) is 13.0. The Labute approximate surface area is 96.9 Å². The number of esters is 1. The molecule has 1 heterocycles. The van der Waals surface area contributed by atoms with E-state index in [0.717, 1.165) is 19.4 Å². The lowest BCUT2D eigenvalue weighted by molar-refractivity contribution is -0.146. The average Bonchev–Trinajstić information content (AvgIpc) is 2.27. The molecule has 1 rings (SSSR count). The molecule has 0 aromatic heterocycles. The molecule has 1 unspecified atom stereocenters. The maximum absolute atomic E-state index is 11.8. The Kier molecular flexibility index (Phi) is 5.29. The van der Waals surface area contributed by atoms with Crippen LogP contribution in [0.4, 0.5) is 0 Å². The van der Waals surface area contributed by atoms with Gasteiger partial charge < -0.3 is 9.64 Å². The van der Waals surface area contributed by atoms with Crippen LogP contribution in [0.15, 0.2) is 0 Å². The van der Waals surface area contributed by atoms with Crippen molar-refractivity contribution in [2.75, 3.05) is 13.2 Å². The van der Waals surface area contributed by atoms with Crippen molar-refractivity contribution in [3.63, 3.8) is 0 Å². The smallest absolute Gasteiger partial charge is 0.306 e. The monoisotopic (exact) mass is 227 g/mol. The molecule has 1 saturated heterocycles. The minimum atomic E-state index is -0.277. The molecular weight excluding hydrogens is 206 g/mol. The summed E-state index contributed by atoms with van der Waals surface area (Å²) in [7, 11) is 0. The first-order chi connectivity index (χ1) is 7.65. The molecule has 4 nitrogen and oxygen atoms in total. The van der Waals surface area contributed by atoms with Gasteiger partial charge in [-0.15, -0.1) is 0 Å². The fourth-order valence-corrected chi connectivity index (χ4v) is 2.05. The normalized spacial score (nSPS) is 20.6. The summed E-state index contributed by atoms with van der Waals surface area (Å²) in [5.74, 6) is -0.194. The van der Waals surface area contributed by atoms with Crippen molar-refractivity contribution in [3.05, 3.63) is 0 Å². The van der Waals surface area contributed by atoms with Crippen molar-refractivity contribution >= 4 is 11.9 Å². The predicted octanol–water partition coefficient (Wildman–Crippen LogP) is 1.73. The Morgan fingerprint density at radius 2 is 2.06 bits per heavy atom. The highest BCUT2D eigenvalue weighted by molar-refractivity contribution is 5.81. The van der Waals surface area contributed by atoms with Crippen LogP contribution in [0.25, 0.3) is 0 Å². The van der Waals surface area contributed by atoms with Crippen LogP contribution in [-0.4, -0.2) is 36.0 Å². The summed E-state index contributed by atoms with van der Waals surface area (Å²) < 4.78 is 4.80. The average molecular weight is 227 g/mol.